The first-order valence-electron chi connectivity index (χ1n) is 5.16. The summed E-state index contributed by atoms with van der Waals surface area (Å²) < 4.78 is 13.8. The maximum Gasteiger partial charge on any atom is 0.234 e. The molecule has 1 atom stereocenters. The van der Waals surface area contributed by atoms with Gasteiger partial charge in [0, 0.05) is 23.5 Å². The summed E-state index contributed by atoms with van der Waals surface area (Å²) in [6, 6.07) is 1.30. The van der Waals surface area contributed by atoms with Crippen molar-refractivity contribution in [2.24, 2.45) is 0 Å². The first-order chi connectivity index (χ1) is 8.11. The number of imide groups is 1. The average molecular weight is 301 g/mol. The van der Waals surface area contributed by atoms with Crippen LogP contribution >= 0.6 is 15.9 Å². The Morgan fingerprint density at radius 3 is 2.88 bits per heavy atom. The molecule has 2 heterocycles. The van der Waals surface area contributed by atoms with Crippen molar-refractivity contribution >= 4 is 27.7 Å². The molecule has 0 saturated carbocycles. The van der Waals surface area contributed by atoms with E-state index in [1.165, 1.54) is 12.3 Å². The fraction of sp³-hybridized carbons (Fsp3) is 0.364. The molecule has 0 aliphatic carbocycles. The summed E-state index contributed by atoms with van der Waals surface area (Å²) in [6.07, 6.45) is 1.93. The topological polar surface area (TPSA) is 59.1 Å². The summed E-state index contributed by atoms with van der Waals surface area (Å²) in [7, 11) is 0. The van der Waals surface area contributed by atoms with Crippen LogP contribution in [0.25, 0.3) is 0 Å². The van der Waals surface area contributed by atoms with Crippen LogP contribution < -0.4 is 5.32 Å². The minimum absolute atomic E-state index is 0.232. The van der Waals surface area contributed by atoms with E-state index in [0.717, 1.165) is 0 Å². The van der Waals surface area contributed by atoms with Crippen LogP contribution in [0.1, 0.15) is 30.0 Å². The average Bonchev–Trinajstić information content (AvgIpc) is 2.30. The lowest BCUT2D eigenvalue weighted by Crippen LogP contribution is -2.39. The van der Waals surface area contributed by atoms with Crippen molar-refractivity contribution in [3.8, 4) is 0 Å². The van der Waals surface area contributed by atoms with Crippen molar-refractivity contribution in [3.05, 3.63) is 29.3 Å². The number of pyridine rings is 1. The molecule has 1 aromatic heterocycles. The highest BCUT2D eigenvalue weighted by atomic mass is 79.9. The summed E-state index contributed by atoms with van der Waals surface area (Å²) in [6.45, 7) is 0. The predicted molar refractivity (Wildman–Crippen MR) is 62.0 cm³/mol. The van der Waals surface area contributed by atoms with E-state index >= 15 is 0 Å². The van der Waals surface area contributed by atoms with Gasteiger partial charge < -0.3 is 0 Å². The van der Waals surface area contributed by atoms with E-state index in [-0.39, 0.29) is 17.9 Å². The molecule has 1 aliphatic rings. The largest absolute Gasteiger partial charge is 0.296 e. The number of piperidine rings is 1. The third-order valence-electron chi connectivity index (χ3n) is 2.69. The van der Waals surface area contributed by atoms with Crippen LogP contribution in [0.2, 0.25) is 0 Å². The van der Waals surface area contributed by atoms with Crippen molar-refractivity contribution in [1.82, 2.24) is 10.3 Å². The van der Waals surface area contributed by atoms with Crippen molar-refractivity contribution in [1.29, 1.82) is 0 Å². The van der Waals surface area contributed by atoms with Crippen molar-refractivity contribution in [3.63, 3.8) is 0 Å². The second kappa shape index (κ2) is 4.91. The fourth-order valence-electron chi connectivity index (χ4n) is 1.80. The smallest absolute Gasteiger partial charge is 0.234 e. The fourth-order valence-corrected chi connectivity index (χ4v) is 2.11. The van der Waals surface area contributed by atoms with Crippen LogP contribution in [0.3, 0.4) is 0 Å². The summed E-state index contributed by atoms with van der Waals surface area (Å²) >= 11 is 3.18. The third kappa shape index (κ3) is 2.52. The minimum atomic E-state index is -0.621. The molecule has 1 aliphatic heterocycles. The first-order valence-corrected chi connectivity index (χ1v) is 6.28. The molecular formula is C11H10BrFN2O2. The Kier molecular flexibility index (Phi) is 3.51. The molecule has 1 saturated heterocycles. The number of aromatic nitrogens is 1. The van der Waals surface area contributed by atoms with Crippen molar-refractivity contribution in [2.45, 2.75) is 24.1 Å². The Bertz CT molecular complexity index is 479. The molecule has 1 aromatic rings. The van der Waals surface area contributed by atoms with E-state index in [0.29, 0.717) is 17.4 Å². The van der Waals surface area contributed by atoms with Crippen LogP contribution in [0.5, 0.6) is 0 Å². The molecular weight excluding hydrogens is 291 g/mol. The number of hydrogen-bond donors (Lipinski definition) is 1. The molecule has 4 nitrogen and oxygen atoms in total. The van der Waals surface area contributed by atoms with Crippen LogP contribution in [0.15, 0.2) is 12.3 Å². The lowest BCUT2D eigenvalue weighted by atomic mass is 9.91. The van der Waals surface area contributed by atoms with Gasteiger partial charge in [-0.2, -0.15) is 0 Å². The molecule has 17 heavy (non-hydrogen) atoms. The summed E-state index contributed by atoms with van der Waals surface area (Å²) in [5, 5.41) is 2.66. The zero-order valence-corrected chi connectivity index (χ0v) is 10.5. The van der Waals surface area contributed by atoms with Gasteiger partial charge in [0.2, 0.25) is 11.8 Å². The predicted octanol–water partition coefficient (Wildman–Crippen LogP) is 1.64. The number of alkyl halides is 1. The van der Waals surface area contributed by atoms with Crippen molar-refractivity contribution < 1.29 is 14.0 Å². The molecule has 1 N–H and O–H groups in total. The number of carbonyl (C=O) groups excluding carboxylic acids is 2. The number of carbonyl (C=O) groups is 2. The van der Waals surface area contributed by atoms with Gasteiger partial charge in [-0.15, -0.1) is 0 Å². The maximum atomic E-state index is 13.8. The first kappa shape index (κ1) is 12.2. The lowest BCUT2D eigenvalue weighted by Gasteiger charge is -2.21. The third-order valence-corrected chi connectivity index (χ3v) is 3.26. The molecule has 90 valence electrons. The number of nitrogens with one attached hydrogen (secondary N) is 1. The summed E-state index contributed by atoms with van der Waals surface area (Å²) in [5.74, 6) is -1.83. The zero-order valence-electron chi connectivity index (χ0n) is 8.87. The number of amides is 2. The summed E-state index contributed by atoms with van der Waals surface area (Å²) in [4.78, 5) is 26.6. The zero-order chi connectivity index (χ0) is 12.4. The SMILES string of the molecule is O=C1CCC(c2cnc(CBr)cc2F)C(=O)N1. The van der Waals surface area contributed by atoms with Crippen molar-refractivity contribution in [2.75, 3.05) is 0 Å². The van der Waals surface area contributed by atoms with Gasteiger partial charge in [0.05, 0.1) is 11.6 Å². The summed E-state index contributed by atoms with van der Waals surface area (Å²) in [5.41, 5.74) is 0.818. The Morgan fingerprint density at radius 2 is 2.29 bits per heavy atom. The Labute approximate surface area is 106 Å². The van der Waals surface area contributed by atoms with E-state index in [1.807, 2.05) is 0 Å². The van der Waals surface area contributed by atoms with Gasteiger partial charge in [-0.3, -0.25) is 19.9 Å². The minimum Gasteiger partial charge on any atom is -0.296 e. The van der Waals surface area contributed by atoms with Crippen LogP contribution in [-0.4, -0.2) is 16.8 Å². The number of hydrogen-bond acceptors (Lipinski definition) is 3. The highest BCUT2D eigenvalue weighted by Crippen LogP contribution is 2.26. The van der Waals surface area contributed by atoms with Crippen LogP contribution in [0, 0.1) is 5.82 Å². The molecule has 0 bridgehead atoms. The normalized spacial score (nSPS) is 20.2. The van der Waals surface area contributed by atoms with E-state index in [4.69, 9.17) is 0 Å². The second-order valence-electron chi connectivity index (χ2n) is 3.83. The van der Waals surface area contributed by atoms with Gasteiger partial charge >= 0.3 is 0 Å². The molecule has 0 aromatic carbocycles. The number of nitrogens with zero attached hydrogens (tertiary/aromatic N) is 1. The molecule has 0 spiro atoms. The highest BCUT2D eigenvalue weighted by Gasteiger charge is 2.30. The van der Waals surface area contributed by atoms with E-state index in [9.17, 15) is 14.0 Å². The van der Waals surface area contributed by atoms with Gasteiger partial charge in [0.15, 0.2) is 0 Å². The van der Waals surface area contributed by atoms with Gasteiger partial charge in [0.25, 0.3) is 0 Å². The Hall–Kier alpha value is -1.30. The lowest BCUT2D eigenvalue weighted by molar-refractivity contribution is -0.134. The molecule has 1 unspecified atom stereocenters. The molecule has 2 rings (SSSR count). The van der Waals surface area contributed by atoms with Gasteiger partial charge in [-0.1, -0.05) is 15.9 Å². The van der Waals surface area contributed by atoms with Crippen LogP contribution in [0.4, 0.5) is 4.39 Å². The second-order valence-corrected chi connectivity index (χ2v) is 4.40. The molecule has 6 heteroatoms. The molecule has 2 amide bonds. The Morgan fingerprint density at radius 1 is 1.53 bits per heavy atom. The Balaban J connectivity index is 2.28. The molecule has 1 fully saturated rings. The quantitative estimate of drug-likeness (QED) is 0.667. The van der Waals surface area contributed by atoms with Gasteiger partial charge in [0.1, 0.15) is 5.82 Å². The van der Waals surface area contributed by atoms with Gasteiger partial charge in [-0.05, 0) is 12.5 Å². The van der Waals surface area contributed by atoms with Gasteiger partial charge in [-0.25, -0.2) is 4.39 Å². The molecule has 0 radical (unpaired) electrons. The van der Waals surface area contributed by atoms with E-state index in [2.05, 4.69) is 26.2 Å². The monoisotopic (exact) mass is 300 g/mol. The number of halogens is 2. The number of rotatable bonds is 2. The van der Waals surface area contributed by atoms with Crippen LogP contribution in [-0.2, 0) is 14.9 Å². The standard InChI is InChI=1S/C11H10BrFN2O2/c12-4-6-3-9(13)8(5-14-6)7-1-2-10(16)15-11(7)17/h3,5,7H,1-2,4H2,(H,15,16,17). The highest BCUT2D eigenvalue weighted by molar-refractivity contribution is 9.08. The maximum absolute atomic E-state index is 13.8. The van der Waals surface area contributed by atoms with E-state index < -0.39 is 17.6 Å². The van der Waals surface area contributed by atoms with E-state index in [1.54, 1.807) is 0 Å².